The van der Waals surface area contributed by atoms with Crippen LogP contribution >= 0.6 is 0 Å². The van der Waals surface area contributed by atoms with Gasteiger partial charge in [0.05, 0.1) is 21.1 Å². The number of aromatic nitrogens is 4. The predicted octanol–water partition coefficient (Wildman–Crippen LogP) is 2.25. The Labute approximate surface area is 164 Å². The predicted molar refractivity (Wildman–Crippen MR) is 97.6 cm³/mol. The van der Waals surface area contributed by atoms with E-state index >= 15 is 0 Å². The van der Waals surface area contributed by atoms with Gasteiger partial charge < -0.3 is 4.57 Å². The fourth-order valence-electron chi connectivity index (χ4n) is 2.63. The number of hydrogen-bond acceptors (Lipinski definition) is 7. The molecular formula is C16H15F3N4O4S2. The molecule has 13 heteroatoms. The molecule has 0 saturated carbocycles. The van der Waals surface area contributed by atoms with E-state index in [2.05, 4.69) is 15.0 Å². The molecule has 0 aliphatic heterocycles. The molecule has 0 fully saturated rings. The lowest BCUT2D eigenvalue weighted by Crippen LogP contribution is -2.13. The molecule has 8 nitrogen and oxygen atoms in total. The third-order valence-corrected chi connectivity index (χ3v) is 7.04. The van der Waals surface area contributed by atoms with Crippen molar-refractivity contribution < 1.29 is 30.0 Å². The molecule has 0 unspecified atom stereocenters. The maximum absolute atomic E-state index is 13.1. The number of pyridine rings is 2. The highest BCUT2D eigenvalue weighted by Gasteiger charge is 2.34. The Morgan fingerprint density at radius 2 is 1.72 bits per heavy atom. The van der Waals surface area contributed by atoms with Gasteiger partial charge in [-0.05, 0) is 12.1 Å². The van der Waals surface area contributed by atoms with Gasteiger partial charge in [0.15, 0.2) is 31.1 Å². The Kier molecular flexibility index (Phi) is 4.94. The molecule has 3 aromatic rings. The van der Waals surface area contributed by atoms with E-state index in [0.717, 1.165) is 12.5 Å². The van der Waals surface area contributed by atoms with Gasteiger partial charge in [0.2, 0.25) is 0 Å². The molecular weight excluding hydrogens is 433 g/mol. The van der Waals surface area contributed by atoms with E-state index in [1.807, 2.05) is 0 Å². The van der Waals surface area contributed by atoms with E-state index < -0.39 is 42.1 Å². The summed E-state index contributed by atoms with van der Waals surface area (Å²) >= 11 is 0. The molecule has 3 rings (SSSR count). The topological polar surface area (TPSA) is 112 Å². The van der Waals surface area contributed by atoms with Crippen LogP contribution in [0.5, 0.6) is 0 Å². The van der Waals surface area contributed by atoms with E-state index in [9.17, 15) is 30.0 Å². The lowest BCUT2D eigenvalue weighted by atomic mass is 10.2. The van der Waals surface area contributed by atoms with Crippen LogP contribution in [0.3, 0.4) is 0 Å². The van der Waals surface area contributed by atoms with Gasteiger partial charge in [0.1, 0.15) is 11.2 Å². The molecule has 0 radical (unpaired) electrons. The molecule has 156 valence electrons. The van der Waals surface area contributed by atoms with Crippen LogP contribution in [-0.2, 0) is 32.9 Å². The summed E-state index contributed by atoms with van der Waals surface area (Å²) in [4.78, 5) is 11.2. The lowest BCUT2D eigenvalue weighted by Gasteiger charge is -2.12. The van der Waals surface area contributed by atoms with Crippen LogP contribution in [0.2, 0.25) is 0 Å². The summed E-state index contributed by atoms with van der Waals surface area (Å²) in [6.45, 7) is 1.30. The maximum Gasteiger partial charge on any atom is 0.417 e. The van der Waals surface area contributed by atoms with Crippen molar-refractivity contribution in [2.75, 3.05) is 12.0 Å². The van der Waals surface area contributed by atoms with E-state index in [-0.39, 0.29) is 27.6 Å². The molecule has 0 aromatic carbocycles. The number of sulfone groups is 2. The molecule has 0 atom stereocenters. The molecule has 0 aliphatic carbocycles. The number of imidazole rings is 1. The fraction of sp³-hybridized carbons (Fsp3) is 0.312. The van der Waals surface area contributed by atoms with E-state index in [4.69, 9.17) is 0 Å². The normalized spacial score (nSPS) is 13.2. The number of nitrogens with zero attached hydrogens (tertiary/aromatic N) is 4. The Morgan fingerprint density at radius 3 is 2.28 bits per heavy atom. The number of fused-ring (bicyclic) bond motifs is 1. The number of hydrogen-bond donors (Lipinski definition) is 0. The third kappa shape index (κ3) is 3.83. The van der Waals surface area contributed by atoms with Crippen LogP contribution in [-0.4, -0.2) is 48.4 Å². The summed E-state index contributed by atoms with van der Waals surface area (Å²) in [6, 6.07) is 1.77. The molecule has 0 bridgehead atoms. The van der Waals surface area contributed by atoms with Gasteiger partial charge in [0.25, 0.3) is 0 Å². The molecule has 0 spiro atoms. The third-order valence-electron chi connectivity index (χ3n) is 4.22. The van der Waals surface area contributed by atoms with Gasteiger partial charge in [-0.25, -0.2) is 26.8 Å². The number of aryl methyl sites for hydroxylation is 1. The summed E-state index contributed by atoms with van der Waals surface area (Å²) in [5.41, 5.74) is -1.13. The van der Waals surface area contributed by atoms with Gasteiger partial charge in [-0.1, -0.05) is 6.92 Å². The molecule has 3 aromatic heterocycles. The van der Waals surface area contributed by atoms with Gasteiger partial charge in [-0.3, -0.25) is 4.98 Å². The van der Waals surface area contributed by atoms with Crippen molar-refractivity contribution in [3.8, 4) is 11.5 Å². The van der Waals surface area contributed by atoms with Crippen LogP contribution < -0.4 is 0 Å². The van der Waals surface area contributed by atoms with E-state index in [1.165, 1.54) is 24.6 Å². The highest BCUT2D eigenvalue weighted by Crippen LogP contribution is 2.34. The van der Waals surface area contributed by atoms with Crippen LogP contribution in [0.1, 0.15) is 12.5 Å². The molecule has 3 heterocycles. The van der Waals surface area contributed by atoms with Crippen LogP contribution in [0.4, 0.5) is 13.2 Å². The highest BCUT2D eigenvalue weighted by atomic mass is 32.2. The Morgan fingerprint density at radius 1 is 1.07 bits per heavy atom. The average molecular weight is 448 g/mol. The summed E-state index contributed by atoms with van der Waals surface area (Å²) in [5.74, 6) is -0.498. The molecule has 0 saturated heterocycles. The SMILES string of the molecule is CCS(=O)(=O)c1cc(C(F)(F)F)cnc1-c1nc2cc(S(C)(=O)=O)cnc2n1C. The van der Waals surface area contributed by atoms with Gasteiger partial charge in [0, 0.05) is 25.7 Å². The van der Waals surface area contributed by atoms with Crippen LogP contribution in [0.25, 0.3) is 22.7 Å². The van der Waals surface area contributed by atoms with E-state index in [1.54, 1.807) is 0 Å². The van der Waals surface area contributed by atoms with Crippen LogP contribution in [0.15, 0.2) is 34.3 Å². The minimum Gasteiger partial charge on any atom is -0.310 e. The van der Waals surface area contributed by atoms with Crippen LogP contribution in [0, 0.1) is 0 Å². The maximum atomic E-state index is 13.1. The number of rotatable bonds is 4. The average Bonchev–Trinajstić information content (AvgIpc) is 2.96. The van der Waals surface area contributed by atoms with Crippen molar-refractivity contribution in [1.29, 1.82) is 0 Å². The van der Waals surface area contributed by atoms with Crippen molar-refractivity contribution in [3.63, 3.8) is 0 Å². The van der Waals surface area contributed by atoms with Crippen molar-refractivity contribution in [2.24, 2.45) is 7.05 Å². The molecule has 0 amide bonds. The smallest absolute Gasteiger partial charge is 0.310 e. The van der Waals surface area contributed by atoms with Crippen molar-refractivity contribution in [1.82, 2.24) is 19.5 Å². The van der Waals surface area contributed by atoms with Crippen molar-refractivity contribution in [3.05, 3.63) is 30.1 Å². The minimum atomic E-state index is -4.78. The van der Waals surface area contributed by atoms with Crippen molar-refractivity contribution >= 4 is 30.8 Å². The van der Waals surface area contributed by atoms with Crippen molar-refractivity contribution in [2.45, 2.75) is 22.9 Å². The lowest BCUT2D eigenvalue weighted by molar-refractivity contribution is -0.138. The summed E-state index contributed by atoms with van der Waals surface area (Å²) in [6.07, 6.45) is -2.14. The molecule has 0 N–H and O–H groups in total. The summed E-state index contributed by atoms with van der Waals surface area (Å²) in [7, 11) is -6.17. The zero-order valence-electron chi connectivity index (χ0n) is 15.4. The number of halogens is 3. The first-order chi connectivity index (χ1) is 13.3. The zero-order valence-corrected chi connectivity index (χ0v) is 17.0. The first kappa shape index (κ1) is 21.2. The second-order valence-corrected chi connectivity index (χ2v) is 10.5. The molecule has 0 aliphatic rings. The largest absolute Gasteiger partial charge is 0.417 e. The minimum absolute atomic E-state index is 0.0566. The second kappa shape index (κ2) is 6.76. The standard InChI is InChI=1S/C16H15F3N4O4S2/c1-4-29(26,27)12-5-9(16(17,18)19)7-20-13(12)15-22-11-6-10(28(3,24)25)8-21-14(11)23(15)2/h5-8H,4H2,1-3H3. The Balaban J connectivity index is 2.33. The second-order valence-electron chi connectivity index (χ2n) is 6.25. The summed E-state index contributed by atoms with van der Waals surface area (Å²) in [5, 5.41) is 0. The Hall–Kier alpha value is -2.54. The monoisotopic (exact) mass is 448 g/mol. The molecule has 29 heavy (non-hydrogen) atoms. The Bertz CT molecular complexity index is 1330. The zero-order chi connectivity index (χ0) is 21.8. The van der Waals surface area contributed by atoms with E-state index in [0.29, 0.717) is 12.3 Å². The first-order valence-corrected chi connectivity index (χ1v) is 11.6. The quantitative estimate of drug-likeness (QED) is 0.602. The fourth-order valence-corrected chi connectivity index (χ4v) is 4.26. The van der Waals surface area contributed by atoms with Gasteiger partial charge in [-0.2, -0.15) is 13.2 Å². The van der Waals surface area contributed by atoms with Gasteiger partial charge in [-0.15, -0.1) is 0 Å². The number of alkyl halides is 3. The first-order valence-electron chi connectivity index (χ1n) is 8.08. The summed E-state index contributed by atoms with van der Waals surface area (Å²) < 4.78 is 88.9. The van der Waals surface area contributed by atoms with Gasteiger partial charge >= 0.3 is 6.18 Å². The highest BCUT2D eigenvalue weighted by molar-refractivity contribution is 7.91.